The number of halogens is 1. The fourth-order valence-corrected chi connectivity index (χ4v) is 1.99. The van der Waals surface area contributed by atoms with Crippen LogP contribution in [0.15, 0.2) is 35.4 Å². The zero-order chi connectivity index (χ0) is 12.3. The Hall–Kier alpha value is -1.35. The second-order valence-corrected chi connectivity index (χ2v) is 4.48. The normalized spacial score (nSPS) is 14.4. The SMILES string of the molecule is CCN(CC(C)=C1CNC1)c1ccc(F)cc1. The molecule has 1 saturated heterocycles. The minimum Gasteiger partial charge on any atom is -0.368 e. The van der Waals surface area contributed by atoms with Crippen LogP contribution in [0, 0.1) is 5.82 Å². The predicted molar refractivity (Wildman–Crippen MR) is 69.9 cm³/mol. The minimum atomic E-state index is -0.178. The Balaban J connectivity index is 2.08. The highest BCUT2D eigenvalue weighted by molar-refractivity contribution is 5.47. The van der Waals surface area contributed by atoms with Gasteiger partial charge < -0.3 is 10.2 Å². The van der Waals surface area contributed by atoms with Gasteiger partial charge in [0, 0.05) is 31.9 Å². The quantitative estimate of drug-likeness (QED) is 0.805. The van der Waals surface area contributed by atoms with Gasteiger partial charge in [0.05, 0.1) is 0 Å². The maximum absolute atomic E-state index is 12.9. The maximum atomic E-state index is 12.9. The maximum Gasteiger partial charge on any atom is 0.123 e. The Labute approximate surface area is 102 Å². The topological polar surface area (TPSA) is 15.3 Å². The molecule has 0 bridgehead atoms. The fourth-order valence-electron chi connectivity index (χ4n) is 1.99. The summed E-state index contributed by atoms with van der Waals surface area (Å²) in [5.74, 6) is -0.178. The Morgan fingerprint density at radius 1 is 1.29 bits per heavy atom. The first kappa shape index (κ1) is 12.1. The summed E-state index contributed by atoms with van der Waals surface area (Å²) in [6.45, 7) is 8.21. The molecule has 0 aliphatic carbocycles. The van der Waals surface area contributed by atoms with Gasteiger partial charge in [-0.3, -0.25) is 0 Å². The van der Waals surface area contributed by atoms with Crippen LogP contribution in [0.25, 0.3) is 0 Å². The van der Waals surface area contributed by atoms with Crippen molar-refractivity contribution in [2.45, 2.75) is 13.8 Å². The molecule has 1 aliphatic heterocycles. The molecular weight excluding hydrogens is 215 g/mol. The van der Waals surface area contributed by atoms with Crippen molar-refractivity contribution in [1.82, 2.24) is 5.32 Å². The van der Waals surface area contributed by atoms with Crippen molar-refractivity contribution in [2.75, 3.05) is 31.1 Å². The van der Waals surface area contributed by atoms with Gasteiger partial charge in [-0.05, 0) is 43.7 Å². The van der Waals surface area contributed by atoms with Crippen LogP contribution in [0.5, 0.6) is 0 Å². The van der Waals surface area contributed by atoms with E-state index in [0.29, 0.717) is 0 Å². The first-order valence-electron chi connectivity index (χ1n) is 6.09. The van der Waals surface area contributed by atoms with Gasteiger partial charge in [0.1, 0.15) is 5.82 Å². The van der Waals surface area contributed by atoms with E-state index in [2.05, 4.69) is 24.1 Å². The van der Waals surface area contributed by atoms with Crippen molar-refractivity contribution in [3.05, 3.63) is 41.2 Å². The third kappa shape index (κ3) is 2.86. The van der Waals surface area contributed by atoms with Crippen molar-refractivity contribution in [1.29, 1.82) is 0 Å². The molecule has 0 aromatic heterocycles. The molecule has 3 heteroatoms. The number of likely N-dealkylation sites (N-methyl/N-ethyl adjacent to an activating group) is 1. The lowest BCUT2D eigenvalue weighted by Gasteiger charge is -2.28. The van der Waals surface area contributed by atoms with E-state index >= 15 is 0 Å². The second-order valence-electron chi connectivity index (χ2n) is 4.48. The van der Waals surface area contributed by atoms with E-state index in [-0.39, 0.29) is 5.82 Å². The van der Waals surface area contributed by atoms with Gasteiger partial charge in [-0.2, -0.15) is 0 Å². The summed E-state index contributed by atoms with van der Waals surface area (Å²) >= 11 is 0. The van der Waals surface area contributed by atoms with Crippen molar-refractivity contribution >= 4 is 5.69 Å². The number of nitrogens with one attached hydrogen (secondary N) is 1. The summed E-state index contributed by atoms with van der Waals surface area (Å²) in [4.78, 5) is 2.26. The van der Waals surface area contributed by atoms with Gasteiger partial charge in [-0.25, -0.2) is 4.39 Å². The van der Waals surface area contributed by atoms with Crippen LogP contribution in [0.1, 0.15) is 13.8 Å². The van der Waals surface area contributed by atoms with Crippen LogP contribution in [-0.2, 0) is 0 Å². The van der Waals surface area contributed by atoms with Crippen molar-refractivity contribution in [3.63, 3.8) is 0 Å². The van der Waals surface area contributed by atoms with Crippen molar-refractivity contribution in [2.24, 2.45) is 0 Å². The van der Waals surface area contributed by atoms with Crippen LogP contribution in [0.2, 0.25) is 0 Å². The molecule has 1 aromatic rings. The van der Waals surface area contributed by atoms with Gasteiger partial charge in [-0.1, -0.05) is 5.57 Å². The van der Waals surface area contributed by atoms with E-state index in [9.17, 15) is 4.39 Å². The molecule has 0 radical (unpaired) electrons. The number of anilines is 1. The lowest BCUT2D eigenvalue weighted by atomic mass is 10.0. The predicted octanol–water partition coefficient (Wildman–Crippen LogP) is 2.57. The third-order valence-electron chi connectivity index (χ3n) is 3.28. The molecule has 2 rings (SSSR count). The Morgan fingerprint density at radius 3 is 2.41 bits per heavy atom. The molecule has 1 N–H and O–H groups in total. The molecule has 1 aliphatic rings. The third-order valence-corrected chi connectivity index (χ3v) is 3.28. The molecular formula is C14H19FN2. The molecule has 2 nitrogen and oxygen atoms in total. The van der Waals surface area contributed by atoms with Crippen LogP contribution in [0.4, 0.5) is 10.1 Å². The molecule has 0 amide bonds. The van der Waals surface area contributed by atoms with Crippen LogP contribution in [-0.4, -0.2) is 26.2 Å². The summed E-state index contributed by atoms with van der Waals surface area (Å²) in [7, 11) is 0. The standard InChI is InChI=1S/C14H19FN2/c1-3-17(10-11(2)12-8-16-9-12)14-6-4-13(15)5-7-14/h4-7,16H,3,8-10H2,1-2H3. The summed E-state index contributed by atoms with van der Waals surface area (Å²) < 4.78 is 12.9. The number of hydrogen-bond acceptors (Lipinski definition) is 2. The van der Waals surface area contributed by atoms with E-state index in [1.54, 1.807) is 0 Å². The first-order valence-corrected chi connectivity index (χ1v) is 6.09. The van der Waals surface area contributed by atoms with E-state index in [4.69, 9.17) is 0 Å². The highest BCUT2D eigenvalue weighted by atomic mass is 19.1. The number of hydrogen-bond donors (Lipinski definition) is 1. The van der Waals surface area contributed by atoms with E-state index in [1.165, 1.54) is 23.3 Å². The first-order chi connectivity index (χ1) is 8.20. The van der Waals surface area contributed by atoms with Gasteiger partial charge in [-0.15, -0.1) is 0 Å². The number of nitrogens with zero attached hydrogens (tertiary/aromatic N) is 1. The van der Waals surface area contributed by atoms with Crippen molar-refractivity contribution in [3.8, 4) is 0 Å². The van der Waals surface area contributed by atoms with Gasteiger partial charge in [0.2, 0.25) is 0 Å². The lowest BCUT2D eigenvalue weighted by Crippen LogP contribution is -2.36. The monoisotopic (exact) mass is 234 g/mol. The van der Waals surface area contributed by atoms with Crippen LogP contribution >= 0.6 is 0 Å². The Kier molecular flexibility index (Phi) is 3.79. The smallest absolute Gasteiger partial charge is 0.123 e. The minimum absolute atomic E-state index is 0.178. The molecule has 1 aromatic carbocycles. The summed E-state index contributed by atoms with van der Waals surface area (Å²) in [5, 5.41) is 3.25. The number of rotatable bonds is 4. The van der Waals surface area contributed by atoms with Crippen LogP contribution in [0.3, 0.4) is 0 Å². The zero-order valence-corrected chi connectivity index (χ0v) is 10.5. The second kappa shape index (κ2) is 5.32. The van der Waals surface area contributed by atoms with E-state index in [1.807, 2.05) is 12.1 Å². The Morgan fingerprint density at radius 2 is 1.94 bits per heavy atom. The molecule has 0 spiro atoms. The highest BCUT2D eigenvalue weighted by Crippen LogP contribution is 2.18. The van der Waals surface area contributed by atoms with E-state index in [0.717, 1.165) is 31.9 Å². The largest absolute Gasteiger partial charge is 0.368 e. The molecule has 92 valence electrons. The van der Waals surface area contributed by atoms with Crippen molar-refractivity contribution < 1.29 is 4.39 Å². The molecule has 0 saturated carbocycles. The average molecular weight is 234 g/mol. The molecule has 0 atom stereocenters. The van der Waals surface area contributed by atoms with Gasteiger partial charge in [0.15, 0.2) is 0 Å². The Bertz CT molecular complexity index is 403. The van der Waals surface area contributed by atoms with Crippen LogP contribution < -0.4 is 10.2 Å². The summed E-state index contributed by atoms with van der Waals surface area (Å²) in [5.41, 5.74) is 4.02. The molecule has 1 heterocycles. The molecule has 1 fully saturated rings. The molecule has 17 heavy (non-hydrogen) atoms. The van der Waals surface area contributed by atoms with E-state index < -0.39 is 0 Å². The zero-order valence-electron chi connectivity index (χ0n) is 10.5. The average Bonchev–Trinajstić information content (AvgIpc) is 2.25. The van der Waals surface area contributed by atoms with Gasteiger partial charge >= 0.3 is 0 Å². The fraction of sp³-hybridized carbons (Fsp3) is 0.429. The summed E-state index contributed by atoms with van der Waals surface area (Å²) in [6.07, 6.45) is 0. The molecule has 0 unspecified atom stereocenters. The summed E-state index contributed by atoms with van der Waals surface area (Å²) in [6, 6.07) is 6.72. The highest BCUT2D eigenvalue weighted by Gasteiger charge is 2.13. The number of benzene rings is 1. The lowest BCUT2D eigenvalue weighted by molar-refractivity contribution is 0.627. The van der Waals surface area contributed by atoms with Gasteiger partial charge in [0.25, 0.3) is 0 Å².